The molecule has 0 aliphatic carbocycles. The Morgan fingerprint density at radius 3 is 2.31 bits per heavy atom. The smallest absolute Gasteiger partial charge is 0.255 e. The van der Waals surface area contributed by atoms with Gasteiger partial charge in [-0.05, 0) is 66.4 Å². The van der Waals surface area contributed by atoms with Crippen LogP contribution in [0.15, 0.2) is 67.2 Å². The molecule has 0 spiro atoms. The van der Waals surface area contributed by atoms with Gasteiger partial charge in [0.05, 0.1) is 18.4 Å². The van der Waals surface area contributed by atoms with E-state index in [1.54, 1.807) is 19.2 Å². The number of para-hydroxylation sites is 1. The Bertz CT molecular complexity index is 1630. The van der Waals surface area contributed by atoms with Crippen LogP contribution < -0.4 is 15.4 Å². The number of ether oxygens (including phenoxy) is 1. The lowest BCUT2D eigenvalue weighted by Crippen LogP contribution is -2.33. The second-order valence-corrected chi connectivity index (χ2v) is 10.5. The summed E-state index contributed by atoms with van der Waals surface area (Å²) in [5, 5.41) is 42.0. The van der Waals surface area contributed by atoms with Gasteiger partial charge >= 0.3 is 0 Å². The number of phenols is 3. The van der Waals surface area contributed by atoms with Gasteiger partial charge < -0.3 is 30.7 Å². The second-order valence-electron chi connectivity index (χ2n) is 10.5. The number of methoxy groups -OCH3 is 1. The highest BCUT2D eigenvalue weighted by molar-refractivity contribution is 5.97. The van der Waals surface area contributed by atoms with Crippen LogP contribution in [-0.4, -0.2) is 62.1 Å². The molecule has 1 atom stereocenters. The summed E-state index contributed by atoms with van der Waals surface area (Å²) >= 11 is 0. The van der Waals surface area contributed by atoms with Crippen molar-refractivity contribution >= 4 is 17.4 Å². The Hall–Kier alpha value is -5.32. The zero-order chi connectivity index (χ0) is 33.1. The molecule has 4 rings (SSSR count). The Balaban J connectivity index is 0.000000279. The van der Waals surface area contributed by atoms with Crippen LogP contribution in [0.1, 0.15) is 60.3 Å². The number of aryl methyl sites for hydroxylation is 1. The minimum Gasteiger partial charge on any atom is -0.508 e. The van der Waals surface area contributed by atoms with Gasteiger partial charge in [-0.2, -0.15) is 0 Å². The van der Waals surface area contributed by atoms with Crippen LogP contribution in [0.2, 0.25) is 0 Å². The molecule has 5 N–H and O–H groups in total. The zero-order valence-electron chi connectivity index (χ0n) is 26.3. The third-order valence-electron chi connectivity index (χ3n) is 7.15. The van der Waals surface area contributed by atoms with Gasteiger partial charge in [-0.1, -0.05) is 45.0 Å². The van der Waals surface area contributed by atoms with Gasteiger partial charge in [0, 0.05) is 32.0 Å². The number of carbonyl (C=O) groups is 2. The third-order valence-corrected chi connectivity index (χ3v) is 7.15. The maximum absolute atomic E-state index is 11.6. The first kappa shape index (κ1) is 34.2. The number of carbonyl (C=O) groups excluding carboxylic acids is 2. The van der Waals surface area contributed by atoms with Crippen LogP contribution in [0.3, 0.4) is 0 Å². The topological polar surface area (TPSA) is 159 Å². The summed E-state index contributed by atoms with van der Waals surface area (Å²) in [6, 6.07) is 17.1. The first-order chi connectivity index (χ1) is 21.5. The van der Waals surface area contributed by atoms with Crippen LogP contribution in [0.5, 0.6) is 23.0 Å². The number of nitrogens with zero attached hydrogens (tertiary/aromatic N) is 3. The van der Waals surface area contributed by atoms with Crippen molar-refractivity contribution in [1.29, 1.82) is 0 Å². The summed E-state index contributed by atoms with van der Waals surface area (Å²) in [6.45, 7) is 12.6. The van der Waals surface area contributed by atoms with E-state index in [9.17, 15) is 24.9 Å². The summed E-state index contributed by atoms with van der Waals surface area (Å²) in [4.78, 5) is 22.1. The van der Waals surface area contributed by atoms with Crippen molar-refractivity contribution in [1.82, 2.24) is 25.4 Å². The van der Waals surface area contributed by atoms with Crippen molar-refractivity contribution in [3.05, 3.63) is 95.6 Å². The van der Waals surface area contributed by atoms with Gasteiger partial charge in [0.15, 0.2) is 11.5 Å². The predicted molar refractivity (Wildman–Crippen MR) is 173 cm³/mol. The fraction of sp³-hybridized carbons (Fsp3) is 0.294. The summed E-state index contributed by atoms with van der Waals surface area (Å²) < 4.78 is 7.56. The molecular formula is C34H41N5O6. The summed E-state index contributed by atoms with van der Waals surface area (Å²) in [6.07, 6.45) is 1.94. The van der Waals surface area contributed by atoms with Crippen molar-refractivity contribution in [2.75, 3.05) is 20.2 Å². The van der Waals surface area contributed by atoms with Gasteiger partial charge in [-0.15, -0.1) is 10.2 Å². The van der Waals surface area contributed by atoms with Crippen LogP contribution in [0.25, 0.3) is 11.3 Å². The van der Waals surface area contributed by atoms with E-state index >= 15 is 0 Å². The van der Waals surface area contributed by atoms with Crippen molar-refractivity contribution in [2.45, 2.75) is 40.5 Å². The molecule has 45 heavy (non-hydrogen) atoms. The molecule has 0 radical (unpaired) electrons. The Morgan fingerprint density at radius 1 is 0.978 bits per heavy atom. The maximum Gasteiger partial charge on any atom is 0.255 e. The van der Waals surface area contributed by atoms with E-state index in [2.05, 4.69) is 45.8 Å². The van der Waals surface area contributed by atoms with Gasteiger partial charge in [-0.3, -0.25) is 14.2 Å². The molecule has 238 valence electrons. The van der Waals surface area contributed by atoms with Gasteiger partial charge in [0.25, 0.3) is 5.91 Å². The van der Waals surface area contributed by atoms with E-state index in [1.165, 1.54) is 25.1 Å². The van der Waals surface area contributed by atoms with E-state index in [0.717, 1.165) is 52.6 Å². The molecule has 4 aromatic rings. The van der Waals surface area contributed by atoms with Crippen molar-refractivity contribution in [2.24, 2.45) is 5.92 Å². The number of nitrogens with one attached hydrogen (secondary N) is 2. The minimum atomic E-state index is -0.510. The number of benzene rings is 3. The largest absolute Gasteiger partial charge is 0.508 e. The molecule has 0 bridgehead atoms. The molecule has 0 aliphatic rings. The molecule has 1 unspecified atom stereocenters. The fourth-order valence-corrected chi connectivity index (χ4v) is 4.43. The van der Waals surface area contributed by atoms with E-state index in [4.69, 9.17) is 4.74 Å². The SMILES string of the molecule is C=C(c1ccc(O)cc1)c1cc(OC)ccc1-n1c(C)nnc1CC(C)CC.CC(=O)NCCNC(=O)c1cccc(O)c1O. The second kappa shape index (κ2) is 15.9. The molecule has 2 amide bonds. The lowest BCUT2D eigenvalue weighted by molar-refractivity contribution is -0.118. The van der Waals surface area contributed by atoms with Crippen molar-refractivity contribution < 1.29 is 29.6 Å². The van der Waals surface area contributed by atoms with Crippen LogP contribution >= 0.6 is 0 Å². The number of hydrogen-bond donors (Lipinski definition) is 5. The Labute approximate surface area is 263 Å². The fourth-order valence-electron chi connectivity index (χ4n) is 4.43. The molecule has 0 saturated carbocycles. The van der Waals surface area contributed by atoms with Crippen LogP contribution in [0.4, 0.5) is 0 Å². The first-order valence-electron chi connectivity index (χ1n) is 14.6. The third kappa shape index (κ3) is 9.09. The van der Waals surface area contributed by atoms with Gasteiger partial charge in [0.1, 0.15) is 23.1 Å². The monoisotopic (exact) mass is 615 g/mol. The highest BCUT2D eigenvalue weighted by atomic mass is 16.5. The molecule has 1 heterocycles. The standard InChI is InChI=1S/C23H27N3O2.C11H14N2O4/c1-6-15(2)13-23-25-24-17(4)26(23)22-12-11-20(28-5)14-21(22)16(3)18-7-9-19(27)10-8-18;1-7(14)12-5-6-13-11(17)8-3-2-4-9(15)10(8)16/h7-12,14-15,27H,3,6,13H2,1-2,4-5H3;2-4,15-16H,5-6H2,1H3,(H,12,14)(H,13,17). The molecule has 3 aromatic carbocycles. The number of phenolic OH excluding ortho intramolecular Hbond substituents is 3. The number of hydrogen-bond acceptors (Lipinski definition) is 8. The molecule has 0 fully saturated rings. The quantitative estimate of drug-likeness (QED) is 0.118. The van der Waals surface area contributed by atoms with E-state index in [-0.39, 0.29) is 29.5 Å². The van der Waals surface area contributed by atoms with Crippen molar-refractivity contribution in [3.63, 3.8) is 0 Å². The van der Waals surface area contributed by atoms with Gasteiger partial charge in [-0.25, -0.2) is 0 Å². The summed E-state index contributed by atoms with van der Waals surface area (Å²) in [5.41, 5.74) is 3.68. The summed E-state index contributed by atoms with van der Waals surface area (Å²) in [7, 11) is 1.65. The predicted octanol–water partition coefficient (Wildman–Crippen LogP) is 4.90. The molecule has 11 nitrogen and oxygen atoms in total. The maximum atomic E-state index is 11.6. The van der Waals surface area contributed by atoms with E-state index in [1.807, 2.05) is 37.3 Å². The average Bonchev–Trinajstić information content (AvgIpc) is 3.39. The molecule has 11 heteroatoms. The number of rotatable bonds is 11. The van der Waals surface area contributed by atoms with Crippen LogP contribution in [0, 0.1) is 12.8 Å². The molecular weight excluding hydrogens is 574 g/mol. The molecule has 0 aliphatic heterocycles. The van der Waals surface area contributed by atoms with Gasteiger partial charge in [0.2, 0.25) is 5.91 Å². The normalized spacial score (nSPS) is 11.1. The summed E-state index contributed by atoms with van der Waals surface area (Å²) in [5.74, 6) is 1.79. The van der Waals surface area contributed by atoms with Crippen LogP contribution in [-0.2, 0) is 11.2 Å². The van der Waals surface area contributed by atoms with Crippen molar-refractivity contribution in [3.8, 4) is 28.7 Å². The Kier molecular flexibility index (Phi) is 12.1. The van der Waals surface area contributed by atoms with E-state index in [0.29, 0.717) is 12.5 Å². The first-order valence-corrected chi connectivity index (χ1v) is 14.6. The number of aromatic nitrogens is 3. The van der Waals surface area contributed by atoms with E-state index < -0.39 is 11.7 Å². The highest BCUT2D eigenvalue weighted by Crippen LogP contribution is 2.33. The Morgan fingerprint density at radius 2 is 1.67 bits per heavy atom. The average molecular weight is 616 g/mol. The molecule has 1 aromatic heterocycles. The lowest BCUT2D eigenvalue weighted by atomic mass is 9.97. The zero-order valence-corrected chi connectivity index (χ0v) is 26.3. The lowest BCUT2D eigenvalue weighted by Gasteiger charge is -2.18. The highest BCUT2D eigenvalue weighted by Gasteiger charge is 2.19. The number of amides is 2. The minimum absolute atomic E-state index is 0.00664. The molecule has 0 saturated heterocycles. The number of aromatic hydroxyl groups is 3.